The number of aromatic nitrogens is 2. The molecule has 0 saturated carbocycles. The molecule has 1 aromatic carbocycles. The Morgan fingerprint density at radius 2 is 1.75 bits per heavy atom. The fourth-order valence-corrected chi connectivity index (χ4v) is 14.3. The van der Waals surface area contributed by atoms with Gasteiger partial charge in [0, 0.05) is 12.1 Å². The van der Waals surface area contributed by atoms with Crippen molar-refractivity contribution in [3.63, 3.8) is 0 Å². The molecule has 2 aromatic rings. The van der Waals surface area contributed by atoms with Crippen LogP contribution in [0.5, 0.6) is 0 Å². The summed E-state index contributed by atoms with van der Waals surface area (Å²) in [6.07, 6.45) is 0. The van der Waals surface area contributed by atoms with Gasteiger partial charge in [-0.3, -0.25) is 4.52 Å². The molecule has 0 fully saturated rings. The molecule has 24 heavy (non-hydrogen) atoms. The molecule has 0 atom stereocenters. The van der Waals surface area contributed by atoms with E-state index in [1.54, 1.807) is 0 Å². The maximum absolute atomic E-state index is 12.4. The topological polar surface area (TPSA) is 59.1 Å². The molecule has 1 aromatic heterocycles. The van der Waals surface area contributed by atoms with Crippen LogP contribution >= 0.6 is 0 Å². The zero-order valence-corrected chi connectivity index (χ0v) is 18.5. The van der Waals surface area contributed by atoms with Gasteiger partial charge < -0.3 is 4.12 Å². The fraction of sp³-hybridized carbons (Fsp3) is 0.500. The predicted octanol–water partition coefficient (Wildman–Crippen LogP) is 2.63. The first-order valence-corrected chi connectivity index (χ1v) is 17.0. The molecule has 0 unspecified atom stereocenters. The Labute approximate surface area is 147 Å². The molecule has 0 aliphatic rings. The monoisotopic (exact) mass is 380 g/mol. The molecule has 2 rings (SSSR count). The van der Waals surface area contributed by atoms with E-state index in [1.807, 2.05) is 35.0 Å². The molecular weight excluding hydrogens is 352 g/mol. The van der Waals surface area contributed by atoms with E-state index in [2.05, 4.69) is 44.6 Å². The summed E-state index contributed by atoms with van der Waals surface area (Å²) >= 11 is 0. The smallest absolute Gasteiger partial charge is 0.424 e. The summed E-state index contributed by atoms with van der Waals surface area (Å²) in [7, 11) is -4.33. The van der Waals surface area contributed by atoms with Crippen molar-refractivity contribution in [3.8, 4) is 5.69 Å². The minimum Gasteiger partial charge on any atom is -0.456 e. The highest BCUT2D eigenvalue weighted by Gasteiger charge is 2.42. The number of nitrogens with zero attached hydrogens (tertiary/aromatic N) is 1. The molecule has 8 heteroatoms. The molecule has 0 bridgehead atoms. The van der Waals surface area contributed by atoms with Gasteiger partial charge in [0.25, 0.3) is 5.32 Å². The van der Waals surface area contributed by atoms with Crippen molar-refractivity contribution in [3.05, 3.63) is 40.8 Å². The molecule has 5 nitrogen and oxygen atoms in total. The highest BCUT2D eigenvalue weighted by Crippen LogP contribution is 2.21. The van der Waals surface area contributed by atoms with E-state index in [0.717, 1.165) is 23.1 Å². The van der Waals surface area contributed by atoms with Gasteiger partial charge in [-0.15, -0.1) is 0 Å². The number of aromatic amines is 1. The summed E-state index contributed by atoms with van der Waals surface area (Å²) in [4.78, 5) is 12.4. The average Bonchev–Trinajstić information content (AvgIpc) is 2.88. The molecular formula is C16H28N2O3Si3+. The standard InChI is InChI=1S/C16H27N2O3Si3/c1-22(2)21-24(5,6)13-12-23(3,4)15-16(19)20-17-18(15)14-10-8-7-9-11-14/h7-11H,12-13H2,1-6H3/p+1. The lowest BCUT2D eigenvalue weighted by molar-refractivity contribution is -0.654. The Kier molecular flexibility index (Phi) is 5.84. The van der Waals surface area contributed by atoms with Crippen molar-refractivity contribution in [1.82, 2.24) is 5.27 Å². The maximum Gasteiger partial charge on any atom is 0.424 e. The van der Waals surface area contributed by atoms with Crippen molar-refractivity contribution in [2.75, 3.05) is 0 Å². The third-order valence-corrected chi connectivity index (χ3v) is 13.1. The molecule has 1 radical (unpaired) electrons. The zero-order chi connectivity index (χ0) is 18.0. The number of rotatable bonds is 7. The van der Waals surface area contributed by atoms with Gasteiger partial charge in [0.2, 0.25) is 5.69 Å². The number of nitrogens with one attached hydrogen (secondary N) is 1. The van der Waals surface area contributed by atoms with Gasteiger partial charge in [0.1, 0.15) is 0 Å². The molecule has 1 heterocycles. The Morgan fingerprint density at radius 1 is 1.12 bits per heavy atom. The van der Waals surface area contributed by atoms with Gasteiger partial charge in [-0.1, -0.05) is 31.3 Å². The summed E-state index contributed by atoms with van der Waals surface area (Å²) in [6.45, 7) is 13.4. The molecule has 131 valence electrons. The summed E-state index contributed by atoms with van der Waals surface area (Å²) in [5.74, 6) is 0. The van der Waals surface area contributed by atoms with Crippen molar-refractivity contribution in [1.29, 1.82) is 0 Å². The molecule has 0 saturated heterocycles. The number of hydrogen-bond acceptors (Lipinski definition) is 3. The number of para-hydroxylation sites is 1. The lowest BCUT2D eigenvalue weighted by atomic mass is 10.3. The lowest BCUT2D eigenvalue weighted by Crippen LogP contribution is -2.64. The SMILES string of the molecule is C[Si](C)O[Si](C)(C)CC[Si](C)(C)c1c(=O)o[nH][n+]1-c1ccccc1. The van der Waals surface area contributed by atoms with E-state index in [-0.39, 0.29) is 5.63 Å². The van der Waals surface area contributed by atoms with Crippen LogP contribution in [0.3, 0.4) is 0 Å². The Hall–Kier alpha value is -1.23. The molecule has 0 aliphatic carbocycles. The van der Waals surface area contributed by atoms with Crippen LogP contribution < -0.4 is 15.6 Å². The van der Waals surface area contributed by atoms with Crippen LogP contribution in [0, 0.1) is 0 Å². The van der Waals surface area contributed by atoms with Crippen LogP contribution in [-0.4, -0.2) is 30.7 Å². The minimum atomic E-state index is -1.97. The Bertz CT molecular complexity index is 724. The first-order valence-electron chi connectivity index (χ1n) is 8.31. The van der Waals surface area contributed by atoms with E-state index >= 15 is 0 Å². The molecule has 1 N–H and O–H groups in total. The largest absolute Gasteiger partial charge is 0.456 e. The van der Waals surface area contributed by atoms with Crippen LogP contribution in [0.15, 0.2) is 39.6 Å². The number of H-pyrrole nitrogens is 1. The molecule has 0 amide bonds. The summed E-state index contributed by atoms with van der Waals surface area (Å²) in [5, 5.41) is 3.56. The van der Waals surface area contributed by atoms with Crippen molar-refractivity contribution >= 4 is 30.7 Å². The highest BCUT2D eigenvalue weighted by atomic mass is 28.4. The normalized spacial score (nSPS) is 12.8. The Balaban J connectivity index is 2.27. The molecule has 0 aliphatic heterocycles. The zero-order valence-electron chi connectivity index (χ0n) is 15.5. The van der Waals surface area contributed by atoms with Crippen LogP contribution in [0.4, 0.5) is 0 Å². The second-order valence-corrected chi connectivity index (χ2v) is 19.0. The van der Waals surface area contributed by atoms with E-state index in [9.17, 15) is 4.79 Å². The highest BCUT2D eigenvalue weighted by molar-refractivity contribution is 6.90. The van der Waals surface area contributed by atoms with E-state index in [4.69, 9.17) is 8.64 Å². The second-order valence-electron chi connectivity index (χ2n) is 7.65. The van der Waals surface area contributed by atoms with E-state index < -0.39 is 25.4 Å². The van der Waals surface area contributed by atoms with Crippen LogP contribution in [0.1, 0.15) is 0 Å². The van der Waals surface area contributed by atoms with Crippen molar-refractivity contribution < 1.29 is 13.3 Å². The predicted molar refractivity (Wildman–Crippen MR) is 104 cm³/mol. The minimum absolute atomic E-state index is 0.244. The van der Waals surface area contributed by atoms with Gasteiger partial charge in [0.05, 0.1) is 0 Å². The summed E-state index contributed by atoms with van der Waals surface area (Å²) in [6, 6.07) is 11.9. The lowest BCUT2D eigenvalue weighted by Gasteiger charge is -2.27. The first-order chi connectivity index (χ1) is 11.1. The van der Waals surface area contributed by atoms with Crippen molar-refractivity contribution in [2.45, 2.75) is 51.4 Å². The van der Waals surface area contributed by atoms with E-state index in [0.29, 0.717) is 0 Å². The van der Waals surface area contributed by atoms with E-state index in [1.165, 1.54) is 0 Å². The van der Waals surface area contributed by atoms with Gasteiger partial charge in [-0.2, -0.15) is 0 Å². The summed E-state index contributed by atoms with van der Waals surface area (Å²) < 4.78 is 13.2. The average molecular weight is 381 g/mol. The van der Waals surface area contributed by atoms with Crippen LogP contribution in [0.2, 0.25) is 51.4 Å². The first kappa shape index (κ1) is 19.1. The van der Waals surface area contributed by atoms with Gasteiger partial charge >= 0.3 is 5.63 Å². The third-order valence-electron chi connectivity index (χ3n) is 4.13. The third kappa shape index (κ3) is 4.65. The quantitative estimate of drug-likeness (QED) is 0.593. The van der Waals surface area contributed by atoms with Gasteiger partial charge in [-0.05, 0) is 48.2 Å². The molecule has 0 spiro atoms. The Morgan fingerprint density at radius 3 is 2.33 bits per heavy atom. The van der Waals surface area contributed by atoms with Gasteiger partial charge in [0.15, 0.2) is 25.4 Å². The second kappa shape index (κ2) is 7.34. The van der Waals surface area contributed by atoms with Gasteiger partial charge in [-0.25, -0.2) is 4.79 Å². The van der Waals surface area contributed by atoms with Crippen LogP contribution in [-0.2, 0) is 4.12 Å². The maximum atomic E-state index is 12.4. The van der Waals surface area contributed by atoms with Crippen molar-refractivity contribution in [2.24, 2.45) is 0 Å². The van der Waals surface area contributed by atoms with Crippen LogP contribution in [0.25, 0.3) is 5.69 Å². The fourth-order valence-electron chi connectivity index (χ4n) is 2.95. The summed E-state index contributed by atoms with van der Waals surface area (Å²) in [5.41, 5.74) is 0.686. The number of benzene rings is 1. The number of hydrogen-bond donors (Lipinski definition) is 1.